The Hall–Kier alpha value is -1.93. The minimum atomic E-state index is -0.414. The molecule has 2 heterocycles. The van der Waals surface area contributed by atoms with E-state index in [-0.39, 0.29) is 4.90 Å². The first-order chi connectivity index (χ1) is 13.4. The second-order valence-electron chi connectivity index (χ2n) is 6.05. The molecule has 9 heteroatoms. The predicted molar refractivity (Wildman–Crippen MR) is 116 cm³/mol. The van der Waals surface area contributed by atoms with E-state index >= 15 is 0 Å². The topological polar surface area (TPSA) is 50.7 Å². The number of benzene rings is 2. The van der Waals surface area contributed by atoms with E-state index in [1.807, 2.05) is 0 Å². The van der Waals surface area contributed by atoms with E-state index in [0.717, 1.165) is 15.4 Å². The van der Waals surface area contributed by atoms with Crippen LogP contribution in [0.15, 0.2) is 41.3 Å². The Morgan fingerprint density at radius 2 is 1.86 bits per heavy atom. The predicted octanol–water partition coefficient (Wildman–Crippen LogP) is 6.46. The zero-order valence-electron chi connectivity index (χ0n) is 14.5. The minimum absolute atomic E-state index is 0.280. The van der Waals surface area contributed by atoms with Crippen molar-refractivity contribution in [3.63, 3.8) is 0 Å². The lowest BCUT2D eigenvalue weighted by Gasteiger charge is -2.07. The largest absolute Gasteiger partial charge is 0.338 e. The number of thiazole rings is 1. The van der Waals surface area contributed by atoms with Gasteiger partial charge in [-0.15, -0.1) is 12.6 Å². The zero-order chi connectivity index (χ0) is 19.8. The van der Waals surface area contributed by atoms with Crippen LogP contribution in [0.3, 0.4) is 0 Å². The van der Waals surface area contributed by atoms with Crippen molar-refractivity contribution in [1.82, 2.24) is 15.0 Å². The van der Waals surface area contributed by atoms with E-state index < -0.39 is 5.82 Å². The number of aromatic nitrogens is 3. The van der Waals surface area contributed by atoms with E-state index in [2.05, 4.69) is 32.9 Å². The van der Waals surface area contributed by atoms with Gasteiger partial charge in [0, 0.05) is 27.0 Å². The number of nitrogens with zero attached hydrogens (tertiary/aromatic N) is 3. The molecule has 0 bridgehead atoms. The van der Waals surface area contributed by atoms with Crippen molar-refractivity contribution in [2.75, 3.05) is 5.32 Å². The molecule has 0 aliphatic heterocycles. The molecule has 0 saturated heterocycles. The van der Waals surface area contributed by atoms with Crippen LogP contribution in [-0.4, -0.2) is 15.0 Å². The molecule has 0 radical (unpaired) electrons. The smallest absolute Gasteiger partial charge is 0.161 e. The summed E-state index contributed by atoms with van der Waals surface area (Å²) in [5.74, 6) is 0.691. The number of rotatable bonds is 4. The maximum absolute atomic E-state index is 13.8. The summed E-state index contributed by atoms with van der Waals surface area (Å²) in [6, 6.07) is 10.1. The molecule has 2 aromatic heterocycles. The van der Waals surface area contributed by atoms with Crippen LogP contribution in [-0.2, 0) is 6.42 Å². The Kier molecular flexibility index (Phi) is 5.42. The number of thiol groups is 1. The van der Waals surface area contributed by atoms with Gasteiger partial charge in [-0.3, -0.25) is 0 Å². The molecule has 0 spiro atoms. The maximum Gasteiger partial charge on any atom is 0.161 e. The quantitative estimate of drug-likeness (QED) is 0.350. The van der Waals surface area contributed by atoms with Gasteiger partial charge in [0.25, 0.3) is 0 Å². The number of aryl methyl sites for hydroxylation is 1. The molecular weight excluding hydrogens is 438 g/mol. The van der Waals surface area contributed by atoms with Crippen molar-refractivity contribution >= 4 is 69.0 Å². The van der Waals surface area contributed by atoms with Gasteiger partial charge in [-0.2, -0.15) is 0 Å². The SMILES string of the molecule is Cc1nc(Nc2ccc(S)c(F)c2)c2nc(Cc3c(Cl)cccc3Cl)sc2n1. The van der Waals surface area contributed by atoms with Gasteiger partial charge in [0.05, 0.1) is 0 Å². The van der Waals surface area contributed by atoms with Crippen molar-refractivity contribution in [1.29, 1.82) is 0 Å². The van der Waals surface area contributed by atoms with Crippen molar-refractivity contribution < 1.29 is 4.39 Å². The van der Waals surface area contributed by atoms with Gasteiger partial charge in [0.15, 0.2) is 5.82 Å². The molecule has 2 aromatic carbocycles. The Labute approximate surface area is 180 Å². The number of hydrogen-bond acceptors (Lipinski definition) is 6. The third kappa shape index (κ3) is 3.93. The molecular formula is C19H13Cl2FN4S2. The first kappa shape index (κ1) is 19.4. The molecule has 0 unspecified atom stereocenters. The van der Waals surface area contributed by atoms with E-state index in [0.29, 0.717) is 39.3 Å². The lowest BCUT2D eigenvalue weighted by atomic mass is 10.1. The summed E-state index contributed by atoms with van der Waals surface area (Å²) >= 11 is 18.1. The van der Waals surface area contributed by atoms with Crippen LogP contribution in [0.25, 0.3) is 10.3 Å². The standard InChI is InChI=1S/C19H13Cl2FN4S2/c1-9-23-18(25-10-5-6-15(27)14(22)7-10)17-19(24-9)28-16(26-17)8-11-12(20)3-2-4-13(11)21/h2-7,27H,8H2,1H3,(H,23,24,25). The van der Waals surface area contributed by atoms with Crippen molar-refractivity contribution in [3.05, 3.63) is 68.7 Å². The Morgan fingerprint density at radius 1 is 1.11 bits per heavy atom. The maximum atomic E-state index is 13.8. The number of anilines is 2. The second-order valence-corrected chi connectivity index (χ2v) is 8.41. The Bertz CT molecular complexity index is 1180. The van der Waals surface area contributed by atoms with Crippen LogP contribution in [0.4, 0.5) is 15.9 Å². The first-order valence-electron chi connectivity index (χ1n) is 8.23. The summed E-state index contributed by atoms with van der Waals surface area (Å²) in [6.07, 6.45) is 0.487. The Morgan fingerprint density at radius 3 is 2.57 bits per heavy atom. The first-order valence-corrected chi connectivity index (χ1v) is 10.2. The summed E-state index contributed by atoms with van der Waals surface area (Å²) < 4.78 is 13.8. The lowest BCUT2D eigenvalue weighted by molar-refractivity contribution is 0.603. The highest BCUT2D eigenvalue weighted by Crippen LogP contribution is 2.32. The van der Waals surface area contributed by atoms with Crippen LogP contribution in [0.5, 0.6) is 0 Å². The summed E-state index contributed by atoms with van der Waals surface area (Å²) in [4.78, 5) is 14.6. The highest BCUT2D eigenvalue weighted by Gasteiger charge is 2.15. The molecule has 0 fully saturated rings. The Balaban J connectivity index is 1.73. The molecule has 0 aliphatic carbocycles. The highest BCUT2D eigenvalue weighted by atomic mass is 35.5. The molecule has 4 rings (SSSR count). The van der Waals surface area contributed by atoms with E-state index in [1.54, 1.807) is 37.3 Å². The fourth-order valence-corrected chi connectivity index (χ4v) is 4.37. The summed E-state index contributed by atoms with van der Waals surface area (Å²) in [7, 11) is 0. The van der Waals surface area contributed by atoms with E-state index in [4.69, 9.17) is 23.2 Å². The van der Waals surface area contributed by atoms with Gasteiger partial charge in [0.2, 0.25) is 0 Å². The monoisotopic (exact) mass is 450 g/mol. The zero-order valence-corrected chi connectivity index (χ0v) is 17.7. The molecule has 28 heavy (non-hydrogen) atoms. The van der Waals surface area contributed by atoms with Gasteiger partial charge < -0.3 is 5.32 Å². The van der Waals surface area contributed by atoms with Crippen LogP contribution < -0.4 is 5.32 Å². The molecule has 0 amide bonds. The van der Waals surface area contributed by atoms with Gasteiger partial charge in [0.1, 0.15) is 27.0 Å². The van der Waals surface area contributed by atoms with Crippen molar-refractivity contribution in [2.45, 2.75) is 18.2 Å². The molecule has 4 aromatic rings. The fourth-order valence-electron chi connectivity index (χ4n) is 2.71. The van der Waals surface area contributed by atoms with Crippen molar-refractivity contribution in [3.8, 4) is 0 Å². The van der Waals surface area contributed by atoms with Gasteiger partial charge in [-0.25, -0.2) is 19.3 Å². The molecule has 1 N–H and O–H groups in total. The summed E-state index contributed by atoms with van der Waals surface area (Å²) in [6.45, 7) is 1.80. The molecule has 0 saturated carbocycles. The van der Waals surface area contributed by atoms with Crippen LogP contribution in [0.1, 0.15) is 16.4 Å². The van der Waals surface area contributed by atoms with Crippen LogP contribution in [0.2, 0.25) is 10.0 Å². The number of hydrogen-bond donors (Lipinski definition) is 2. The third-order valence-corrected chi connectivity index (χ3v) is 6.04. The molecule has 4 nitrogen and oxygen atoms in total. The third-order valence-electron chi connectivity index (χ3n) is 4.01. The molecule has 142 valence electrons. The van der Waals surface area contributed by atoms with Crippen LogP contribution in [0, 0.1) is 12.7 Å². The average molecular weight is 451 g/mol. The highest BCUT2D eigenvalue weighted by molar-refractivity contribution is 7.80. The number of nitrogens with one attached hydrogen (secondary N) is 1. The van der Waals surface area contributed by atoms with Gasteiger partial charge in [-0.05, 0) is 42.8 Å². The fraction of sp³-hybridized carbons (Fsp3) is 0.105. The van der Waals surface area contributed by atoms with E-state index in [1.165, 1.54) is 17.4 Å². The minimum Gasteiger partial charge on any atom is -0.338 e. The van der Waals surface area contributed by atoms with Crippen molar-refractivity contribution in [2.24, 2.45) is 0 Å². The summed E-state index contributed by atoms with van der Waals surface area (Å²) in [5.41, 5.74) is 1.98. The lowest BCUT2D eigenvalue weighted by Crippen LogP contribution is -1.99. The van der Waals surface area contributed by atoms with E-state index in [9.17, 15) is 4.39 Å². The normalized spacial score (nSPS) is 11.2. The van der Waals surface area contributed by atoms with Gasteiger partial charge in [-0.1, -0.05) is 40.6 Å². The average Bonchev–Trinajstić information content (AvgIpc) is 3.04. The molecule has 0 atom stereocenters. The second kappa shape index (κ2) is 7.83. The molecule has 0 aliphatic rings. The van der Waals surface area contributed by atoms with Crippen LogP contribution >= 0.6 is 47.2 Å². The number of halogens is 3. The summed E-state index contributed by atoms with van der Waals surface area (Å²) in [5, 5.41) is 5.12. The number of fused-ring (bicyclic) bond motifs is 1. The van der Waals surface area contributed by atoms with Gasteiger partial charge >= 0.3 is 0 Å².